The van der Waals surface area contributed by atoms with Crippen molar-refractivity contribution in [2.24, 2.45) is 5.92 Å². The Morgan fingerprint density at radius 3 is 1.92 bits per heavy atom. The van der Waals surface area contributed by atoms with Crippen LogP contribution >= 0.6 is 0 Å². The number of benzene rings is 3. The lowest BCUT2D eigenvalue weighted by Gasteiger charge is -2.32. The molecule has 2 aliphatic rings. The van der Waals surface area contributed by atoms with Crippen molar-refractivity contribution in [2.75, 3.05) is 13.1 Å². The zero-order valence-electron chi connectivity index (χ0n) is 21.0. The van der Waals surface area contributed by atoms with Gasteiger partial charge in [0.2, 0.25) is 5.91 Å². The van der Waals surface area contributed by atoms with Crippen molar-refractivity contribution in [2.45, 2.75) is 31.6 Å². The largest absolute Gasteiger partial charge is 0.342 e. The molecule has 37 heavy (non-hydrogen) atoms. The third-order valence-electron chi connectivity index (χ3n) is 8.30. The molecular weight excluding hydrogens is 454 g/mol. The summed E-state index contributed by atoms with van der Waals surface area (Å²) in [6.45, 7) is 3.92. The van der Waals surface area contributed by atoms with Gasteiger partial charge in [-0.05, 0) is 59.7 Å². The summed E-state index contributed by atoms with van der Waals surface area (Å²) in [4.78, 5) is 26.8. The average Bonchev–Trinajstić information content (AvgIpc) is 3.46. The molecule has 3 aromatic carbocycles. The van der Waals surface area contributed by atoms with Gasteiger partial charge in [0, 0.05) is 29.8 Å². The summed E-state index contributed by atoms with van der Waals surface area (Å²) in [6, 6.07) is 31.6. The molecule has 1 aliphatic carbocycles. The SMILES string of the molecule is C[C@@H]1[C@@H](c2ccccc2)c2cc3ccccc3nc2-c2nc3ccccc3cc2[C@@H]1C(=O)N1CCCC1. The van der Waals surface area contributed by atoms with Crippen molar-refractivity contribution in [3.05, 3.63) is 108 Å². The Hall–Kier alpha value is -4.05. The number of fused-ring (bicyclic) bond motifs is 5. The Morgan fingerprint density at radius 2 is 1.27 bits per heavy atom. The Labute approximate surface area is 217 Å². The van der Waals surface area contributed by atoms with Crippen LogP contribution in [-0.2, 0) is 4.79 Å². The highest BCUT2D eigenvalue weighted by Crippen LogP contribution is 2.50. The van der Waals surface area contributed by atoms with E-state index in [1.54, 1.807) is 0 Å². The molecule has 182 valence electrons. The van der Waals surface area contributed by atoms with Gasteiger partial charge in [-0.2, -0.15) is 0 Å². The van der Waals surface area contributed by atoms with Gasteiger partial charge in [0.25, 0.3) is 0 Å². The molecule has 3 atom stereocenters. The third kappa shape index (κ3) is 3.62. The Morgan fingerprint density at radius 1 is 0.730 bits per heavy atom. The molecule has 1 saturated heterocycles. The van der Waals surface area contributed by atoms with Crippen LogP contribution in [0, 0.1) is 5.92 Å². The van der Waals surface area contributed by atoms with Gasteiger partial charge in [-0.1, -0.05) is 73.7 Å². The normalized spacial score (nSPS) is 21.0. The van der Waals surface area contributed by atoms with Crippen molar-refractivity contribution in [1.29, 1.82) is 0 Å². The number of aromatic nitrogens is 2. The van der Waals surface area contributed by atoms with E-state index in [4.69, 9.17) is 9.97 Å². The smallest absolute Gasteiger partial charge is 0.230 e. The van der Waals surface area contributed by atoms with Crippen LogP contribution in [0.5, 0.6) is 0 Å². The van der Waals surface area contributed by atoms with Crippen LogP contribution in [0.4, 0.5) is 0 Å². The molecule has 0 spiro atoms. The average molecular weight is 484 g/mol. The molecule has 3 heterocycles. The lowest BCUT2D eigenvalue weighted by molar-refractivity contribution is -0.133. The third-order valence-corrected chi connectivity index (χ3v) is 8.30. The van der Waals surface area contributed by atoms with Gasteiger partial charge in [-0.15, -0.1) is 0 Å². The summed E-state index contributed by atoms with van der Waals surface area (Å²) < 4.78 is 0. The first kappa shape index (κ1) is 22.2. The summed E-state index contributed by atoms with van der Waals surface area (Å²) in [6.07, 6.45) is 2.15. The molecule has 0 bridgehead atoms. The van der Waals surface area contributed by atoms with Crippen molar-refractivity contribution in [1.82, 2.24) is 14.9 Å². The lowest BCUT2D eigenvalue weighted by atomic mass is 9.74. The number of rotatable bonds is 2. The number of hydrogen-bond acceptors (Lipinski definition) is 3. The van der Waals surface area contributed by atoms with Crippen LogP contribution < -0.4 is 0 Å². The first-order valence-electron chi connectivity index (χ1n) is 13.3. The monoisotopic (exact) mass is 483 g/mol. The summed E-state index contributed by atoms with van der Waals surface area (Å²) in [7, 11) is 0. The first-order valence-corrected chi connectivity index (χ1v) is 13.3. The molecule has 0 N–H and O–H groups in total. The van der Waals surface area contributed by atoms with Crippen LogP contribution in [0.25, 0.3) is 33.2 Å². The second-order valence-corrected chi connectivity index (χ2v) is 10.5. The zero-order valence-corrected chi connectivity index (χ0v) is 21.0. The standard InChI is InChI=1S/C33H29N3O/c1-21-29(22-11-3-2-4-12-22)25-19-23-13-5-7-15-27(23)34-31(25)32-26(20-24-14-6-8-16-28(24)35-32)30(21)33(37)36-17-9-10-18-36/h2-8,11-16,19-21,29-30H,9-10,17-18H2,1H3/t21-,29+,30-/m1/s1. The minimum absolute atomic E-state index is 0.0159. The second kappa shape index (κ2) is 8.81. The van der Waals surface area contributed by atoms with Gasteiger partial charge in [0.15, 0.2) is 0 Å². The fourth-order valence-corrected chi connectivity index (χ4v) is 6.51. The maximum atomic E-state index is 14.3. The van der Waals surface area contributed by atoms with E-state index in [9.17, 15) is 4.79 Å². The Kier molecular flexibility index (Phi) is 5.28. The van der Waals surface area contributed by atoms with E-state index in [-0.39, 0.29) is 23.7 Å². The van der Waals surface area contributed by atoms with E-state index in [1.807, 2.05) is 18.2 Å². The van der Waals surface area contributed by atoms with Gasteiger partial charge in [-0.25, -0.2) is 9.97 Å². The fourth-order valence-electron chi connectivity index (χ4n) is 6.51. The van der Waals surface area contributed by atoms with Crippen molar-refractivity contribution >= 4 is 27.7 Å². The highest BCUT2D eigenvalue weighted by atomic mass is 16.2. The van der Waals surface area contributed by atoms with Crippen molar-refractivity contribution < 1.29 is 4.79 Å². The molecule has 2 aromatic heterocycles. The number of hydrogen-bond donors (Lipinski definition) is 0. The Bertz CT molecular complexity index is 1640. The van der Waals surface area contributed by atoms with Crippen molar-refractivity contribution in [3.63, 3.8) is 0 Å². The minimum atomic E-state index is -0.298. The van der Waals surface area contributed by atoms with Crippen LogP contribution in [0.3, 0.4) is 0 Å². The molecular formula is C33H29N3O. The summed E-state index contributed by atoms with van der Waals surface area (Å²) in [5.41, 5.74) is 7.00. The molecule has 5 aromatic rings. The first-order chi connectivity index (χ1) is 18.2. The van der Waals surface area contributed by atoms with Gasteiger partial charge in [-0.3, -0.25) is 4.79 Å². The van der Waals surface area contributed by atoms with Crippen LogP contribution in [0.1, 0.15) is 48.3 Å². The molecule has 1 amide bonds. The minimum Gasteiger partial charge on any atom is -0.342 e. The van der Waals surface area contributed by atoms with E-state index in [1.165, 1.54) is 5.56 Å². The highest BCUT2D eigenvalue weighted by Gasteiger charge is 2.42. The van der Waals surface area contributed by atoms with Gasteiger partial charge in [0.05, 0.1) is 28.3 Å². The number of carbonyl (C=O) groups is 1. The number of carbonyl (C=O) groups excluding carboxylic acids is 1. The summed E-state index contributed by atoms with van der Waals surface area (Å²) in [5.74, 6) is -0.0297. The molecule has 1 aliphatic heterocycles. The predicted molar refractivity (Wildman–Crippen MR) is 148 cm³/mol. The van der Waals surface area contributed by atoms with E-state index in [0.717, 1.165) is 70.3 Å². The topological polar surface area (TPSA) is 46.1 Å². The van der Waals surface area contributed by atoms with Crippen LogP contribution in [0.2, 0.25) is 0 Å². The fraction of sp³-hybridized carbons (Fsp3) is 0.242. The maximum Gasteiger partial charge on any atom is 0.230 e. The van der Waals surface area contributed by atoms with Crippen LogP contribution in [0.15, 0.2) is 91.0 Å². The molecule has 7 rings (SSSR count). The zero-order chi connectivity index (χ0) is 24.9. The number of pyridine rings is 2. The number of nitrogens with zero attached hydrogens (tertiary/aromatic N) is 3. The van der Waals surface area contributed by atoms with E-state index in [2.05, 4.69) is 84.6 Å². The maximum absolute atomic E-state index is 14.3. The molecule has 1 fully saturated rings. The summed E-state index contributed by atoms with van der Waals surface area (Å²) >= 11 is 0. The lowest BCUT2D eigenvalue weighted by Crippen LogP contribution is -2.36. The second-order valence-electron chi connectivity index (χ2n) is 10.5. The van der Waals surface area contributed by atoms with Gasteiger partial charge >= 0.3 is 0 Å². The molecule has 4 nitrogen and oxygen atoms in total. The van der Waals surface area contributed by atoms with Crippen LogP contribution in [-0.4, -0.2) is 33.9 Å². The highest BCUT2D eigenvalue weighted by molar-refractivity contribution is 5.93. The molecule has 0 radical (unpaired) electrons. The number of likely N-dealkylation sites (tertiary alicyclic amines) is 1. The Balaban J connectivity index is 1.57. The predicted octanol–water partition coefficient (Wildman–Crippen LogP) is 6.94. The van der Waals surface area contributed by atoms with E-state index >= 15 is 0 Å². The van der Waals surface area contributed by atoms with E-state index in [0.29, 0.717) is 0 Å². The quantitative estimate of drug-likeness (QED) is 0.273. The summed E-state index contributed by atoms with van der Waals surface area (Å²) in [5, 5.41) is 2.18. The number of para-hydroxylation sites is 2. The number of amides is 1. The molecule has 4 heteroatoms. The van der Waals surface area contributed by atoms with Gasteiger partial charge in [0.1, 0.15) is 0 Å². The van der Waals surface area contributed by atoms with Crippen molar-refractivity contribution in [3.8, 4) is 11.4 Å². The molecule has 0 unspecified atom stereocenters. The van der Waals surface area contributed by atoms with E-state index < -0.39 is 0 Å². The van der Waals surface area contributed by atoms with Gasteiger partial charge < -0.3 is 4.90 Å². The molecule has 0 saturated carbocycles.